The number of hydrogen-bond acceptors (Lipinski definition) is 10. The van der Waals surface area contributed by atoms with Crippen LogP contribution in [0.1, 0.15) is 35.2 Å². The highest BCUT2D eigenvalue weighted by molar-refractivity contribution is 7.79. The quantitative estimate of drug-likeness (QED) is 0.183. The lowest BCUT2D eigenvalue weighted by molar-refractivity contribution is 0.104. The number of ether oxygens (including phenoxy) is 1. The van der Waals surface area contributed by atoms with E-state index in [1.807, 2.05) is 24.3 Å². The van der Waals surface area contributed by atoms with Crippen LogP contribution in [0.3, 0.4) is 0 Å². The van der Waals surface area contributed by atoms with Gasteiger partial charge in [-0.2, -0.15) is 0 Å². The molecule has 39 heavy (non-hydrogen) atoms. The maximum atomic E-state index is 13.6. The zero-order valence-corrected chi connectivity index (χ0v) is 22.5. The zero-order chi connectivity index (χ0) is 28.0. The average molecular weight is 570 g/mol. The van der Waals surface area contributed by atoms with Crippen molar-refractivity contribution in [3.8, 4) is 27.7 Å². The molecule has 0 atom stereocenters. The summed E-state index contributed by atoms with van der Waals surface area (Å²) in [5, 5.41) is 20.4. The van der Waals surface area contributed by atoms with Crippen LogP contribution in [0.5, 0.6) is 17.2 Å². The normalized spacial score (nSPS) is 14.0. The van der Waals surface area contributed by atoms with E-state index in [1.54, 1.807) is 42.5 Å². The fraction of sp³-hybridized carbons (Fsp3) is 0.250. The Morgan fingerprint density at radius 2 is 1.51 bits per heavy atom. The van der Waals surface area contributed by atoms with Crippen LogP contribution in [0.2, 0.25) is 0 Å². The van der Waals surface area contributed by atoms with Crippen molar-refractivity contribution in [1.29, 1.82) is 0 Å². The smallest absolute Gasteiger partial charge is 0.195 e. The maximum absolute atomic E-state index is 13.6. The number of phenols is 2. The zero-order valence-electron chi connectivity index (χ0n) is 20.9. The van der Waals surface area contributed by atoms with Gasteiger partial charge in [0.1, 0.15) is 23.9 Å². The molecular formula is C28H27NO8S2-2. The van der Waals surface area contributed by atoms with E-state index < -0.39 is 10.4 Å². The molecule has 5 rings (SSSR count). The summed E-state index contributed by atoms with van der Waals surface area (Å²) in [5.41, 5.74) is 2.03. The molecule has 0 spiro atoms. The van der Waals surface area contributed by atoms with E-state index in [2.05, 4.69) is 4.90 Å². The predicted molar refractivity (Wildman–Crippen MR) is 147 cm³/mol. The van der Waals surface area contributed by atoms with E-state index in [4.69, 9.17) is 22.3 Å². The van der Waals surface area contributed by atoms with Crippen molar-refractivity contribution in [3.63, 3.8) is 0 Å². The second kappa shape index (κ2) is 12.6. The SMILES string of the molecule is O=C(c1ccc(OCCN2CCCCC2)cc1)c1c(-c2ccc(O)cc2)sc2cc(O)ccc12.O=S(=O)([O-])[O-]. The molecule has 2 heterocycles. The van der Waals surface area contributed by atoms with Crippen LogP contribution >= 0.6 is 11.3 Å². The standard InChI is InChI=1S/C28H27NO4S.H2O4S/c30-21-8-4-20(5-9-21)28-26(24-13-10-22(31)18-25(24)34-28)27(32)19-6-11-23(12-7-19)33-17-16-29-14-2-1-3-15-29;1-5(2,3)4/h4-13,18,30-31H,1-3,14-17H2;(H2,1,2,3,4)/p-2. The van der Waals surface area contributed by atoms with Gasteiger partial charge in [0.15, 0.2) is 5.78 Å². The third kappa shape index (κ3) is 8.01. The molecule has 1 aromatic heterocycles. The molecule has 9 nitrogen and oxygen atoms in total. The molecule has 0 amide bonds. The van der Waals surface area contributed by atoms with Gasteiger partial charge in [-0.05, 0) is 98.2 Å². The van der Waals surface area contributed by atoms with Crippen molar-refractivity contribution < 1.29 is 37.3 Å². The van der Waals surface area contributed by atoms with Gasteiger partial charge in [-0.15, -0.1) is 11.3 Å². The Morgan fingerprint density at radius 1 is 0.897 bits per heavy atom. The molecule has 1 fully saturated rings. The summed E-state index contributed by atoms with van der Waals surface area (Å²) in [6.45, 7) is 3.85. The van der Waals surface area contributed by atoms with Crippen LogP contribution in [0.15, 0.2) is 66.7 Å². The predicted octanol–water partition coefficient (Wildman–Crippen LogP) is 4.74. The second-order valence-corrected chi connectivity index (χ2v) is 10.9. The summed E-state index contributed by atoms with van der Waals surface area (Å²) in [5.74, 6) is 1.01. The van der Waals surface area contributed by atoms with Gasteiger partial charge in [0, 0.05) is 43.0 Å². The van der Waals surface area contributed by atoms with E-state index in [1.165, 1.54) is 30.6 Å². The van der Waals surface area contributed by atoms with E-state index in [0.717, 1.165) is 45.9 Å². The fourth-order valence-electron chi connectivity index (χ4n) is 4.45. The van der Waals surface area contributed by atoms with Gasteiger partial charge < -0.3 is 24.1 Å². The minimum absolute atomic E-state index is 0.0834. The molecule has 0 bridgehead atoms. The van der Waals surface area contributed by atoms with Gasteiger partial charge in [0.05, 0.1) is 0 Å². The number of hydrogen-bond donors (Lipinski definition) is 2. The maximum Gasteiger partial charge on any atom is 0.195 e. The highest BCUT2D eigenvalue weighted by atomic mass is 32.3. The number of piperidine rings is 1. The van der Waals surface area contributed by atoms with E-state index in [9.17, 15) is 15.0 Å². The van der Waals surface area contributed by atoms with Crippen molar-refractivity contribution in [2.24, 2.45) is 0 Å². The third-order valence-electron chi connectivity index (χ3n) is 6.27. The number of ketones is 1. The molecule has 0 radical (unpaired) electrons. The number of nitrogens with zero attached hydrogens (tertiary/aromatic N) is 1. The van der Waals surface area contributed by atoms with Crippen LogP contribution in [0.25, 0.3) is 20.5 Å². The lowest BCUT2D eigenvalue weighted by Gasteiger charge is -2.26. The number of likely N-dealkylation sites (tertiary alicyclic amines) is 1. The van der Waals surface area contributed by atoms with Crippen LogP contribution in [0.4, 0.5) is 0 Å². The van der Waals surface area contributed by atoms with E-state index >= 15 is 0 Å². The van der Waals surface area contributed by atoms with Gasteiger partial charge in [-0.1, -0.05) is 6.42 Å². The molecular weight excluding hydrogens is 542 g/mol. The topological polar surface area (TPSA) is 150 Å². The minimum atomic E-state index is -5.17. The first-order valence-corrected chi connectivity index (χ1v) is 14.4. The molecule has 0 saturated carbocycles. The highest BCUT2D eigenvalue weighted by Gasteiger charge is 2.22. The molecule has 11 heteroatoms. The number of benzene rings is 3. The first kappa shape index (κ1) is 28.5. The Morgan fingerprint density at radius 3 is 2.15 bits per heavy atom. The molecule has 206 valence electrons. The molecule has 1 saturated heterocycles. The van der Waals surface area contributed by atoms with Crippen molar-refractivity contribution in [2.75, 3.05) is 26.2 Å². The van der Waals surface area contributed by atoms with Gasteiger partial charge in [0.2, 0.25) is 0 Å². The highest BCUT2D eigenvalue weighted by Crippen LogP contribution is 2.41. The second-order valence-electron chi connectivity index (χ2n) is 9.05. The number of carbonyl (C=O) groups excluding carboxylic acids is 1. The summed E-state index contributed by atoms with van der Waals surface area (Å²) in [6.07, 6.45) is 3.85. The molecule has 3 aromatic carbocycles. The van der Waals surface area contributed by atoms with Crippen molar-refractivity contribution >= 4 is 37.6 Å². The van der Waals surface area contributed by atoms with Gasteiger partial charge in [-0.25, -0.2) is 0 Å². The molecule has 1 aliphatic heterocycles. The molecule has 4 aromatic rings. The van der Waals surface area contributed by atoms with Gasteiger partial charge in [0.25, 0.3) is 0 Å². The number of carbonyl (C=O) groups is 1. The van der Waals surface area contributed by atoms with E-state index in [0.29, 0.717) is 17.7 Å². The first-order valence-electron chi connectivity index (χ1n) is 12.3. The molecule has 1 aliphatic rings. The summed E-state index contributed by atoms with van der Waals surface area (Å²) in [6, 6.07) is 19.2. The monoisotopic (exact) mass is 569 g/mol. The largest absolute Gasteiger partial charge is 0.759 e. The number of phenolic OH excluding ortho intramolecular Hbond substituents is 2. The lowest BCUT2D eigenvalue weighted by Crippen LogP contribution is -2.33. The molecule has 2 N–H and O–H groups in total. The van der Waals surface area contributed by atoms with Crippen LogP contribution in [0, 0.1) is 0 Å². The Balaban J connectivity index is 0.000000648. The average Bonchev–Trinajstić information content (AvgIpc) is 3.27. The van der Waals surface area contributed by atoms with Crippen LogP contribution in [-0.4, -0.2) is 64.7 Å². The Bertz CT molecular complexity index is 1520. The van der Waals surface area contributed by atoms with E-state index in [-0.39, 0.29) is 17.3 Å². The Labute approximate surface area is 230 Å². The van der Waals surface area contributed by atoms with Crippen LogP contribution in [-0.2, 0) is 10.4 Å². The van der Waals surface area contributed by atoms with Crippen molar-refractivity contribution in [3.05, 3.63) is 77.9 Å². The third-order valence-corrected chi connectivity index (χ3v) is 7.47. The Hall–Kier alpha value is -3.48. The number of rotatable bonds is 7. The minimum Gasteiger partial charge on any atom is -0.759 e. The summed E-state index contributed by atoms with van der Waals surface area (Å²) in [7, 11) is -5.17. The van der Waals surface area contributed by atoms with Gasteiger partial charge in [-0.3, -0.25) is 18.1 Å². The molecule has 0 unspecified atom stereocenters. The first-order chi connectivity index (χ1) is 18.6. The fourth-order valence-corrected chi connectivity index (χ4v) is 5.69. The summed E-state index contributed by atoms with van der Waals surface area (Å²) in [4.78, 5) is 16.9. The Kier molecular flexibility index (Phi) is 9.20. The van der Waals surface area contributed by atoms with Crippen molar-refractivity contribution in [1.82, 2.24) is 4.90 Å². The summed E-state index contributed by atoms with van der Waals surface area (Å²) >= 11 is 1.46. The number of fused-ring (bicyclic) bond motifs is 1. The molecule has 0 aliphatic carbocycles. The van der Waals surface area contributed by atoms with Crippen LogP contribution < -0.4 is 4.74 Å². The lowest BCUT2D eigenvalue weighted by atomic mass is 9.97. The van der Waals surface area contributed by atoms with Gasteiger partial charge >= 0.3 is 0 Å². The summed E-state index contributed by atoms with van der Waals surface area (Å²) < 4.78 is 40.8. The number of aromatic hydroxyl groups is 2. The van der Waals surface area contributed by atoms with Crippen molar-refractivity contribution in [2.45, 2.75) is 19.3 Å². The number of thiophene rings is 1.